The van der Waals surface area contributed by atoms with Crippen molar-refractivity contribution in [3.63, 3.8) is 0 Å². The highest BCUT2D eigenvalue weighted by molar-refractivity contribution is 7.15. The van der Waals surface area contributed by atoms with Gasteiger partial charge in [0.2, 0.25) is 0 Å². The van der Waals surface area contributed by atoms with E-state index in [-0.39, 0.29) is 23.6 Å². The maximum Gasteiger partial charge on any atom is 0.143 e. The average Bonchev–Trinajstić information content (AvgIpc) is 3.34. The van der Waals surface area contributed by atoms with Gasteiger partial charge in [0, 0.05) is 53.6 Å². The fourth-order valence-electron chi connectivity index (χ4n) is 5.35. The van der Waals surface area contributed by atoms with Gasteiger partial charge in [0.05, 0.1) is 0 Å². The lowest BCUT2D eigenvalue weighted by Crippen LogP contribution is -2.46. The van der Waals surface area contributed by atoms with E-state index in [9.17, 15) is 8.78 Å². The number of hydrogen-bond donors (Lipinski definition) is 1. The van der Waals surface area contributed by atoms with Crippen LogP contribution in [0.2, 0.25) is 0 Å². The van der Waals surface area contributed by atoms with Crippen molar-refractivity contribution in [1.29, 1.82) is 0 Å². The Hall–Kier alpha value is -2.38. The van der Waals surface area contributed by atoms with E-state index in [2.05, 4.69) is 29.0 Å². The summed E-state index contributed by atoms with van der Waals surface area (Å²) in [6.07, 6.45) is 5.42. The van der Waals surface area contributed by atoms with Gasteiger partial charge >= 0.3 is 0 Å². The predicted octanol–water partition coefficient (Wildman–Crippen LogP) is 5.36. The maximum absolute atomic E-state index is 14.5. The van der Waals surface area contributed by atoms with Crippen LogP contribution >= 0.6 is 11.3 Å². The molecular formula is C24H26F2N4S. The quantitative estimate of drug-likeness (QED) is 0.593. The van der Waals surface area contributed by atoms with Crippen LogP contribution in [-0.4, -0.2) is 29.1 Å². The zero-order valence-electron chi connectivity index (χ0n) is 17.7. The number of nitrogens with zero attached hydrogens (tertiary/aromatic N) is 3. The maximum atomic E-state index is 14.5. The molecule has 162 valence electrons. The molecule has 4 unspecified atom stereocenters. The highest BCUT2D eigenvalue weighted by atomic mass is 32.1. The molecule has 3 aromatic rings. The number of aromatic nitrogens is 2. The zero-order chi connectivity index (χ0) is 21.5. The van der Waals surface area contributed by atoms with Crippen LogP contribution < -0.4 is 10.2 Å². The standard InChI is InChI=1S/C24H26F2N4S/c1-3-16-17-13-30(23-14(2)31-24(29-23)15-6-5-10-27-12-15)11-9-20(17)28-22(16)21-18(25)7-4-8-19(21)26/h4-8,10,12,16-17,20,22,28H,3,9,11,13H2,1-2H3. The molecule has 2 fully saturated rings. The van der Waals surface area contributed by atoms with Gasteiger partial charge in [-0.05, 0) is 49.4 Å². The molecule has 1 N–H and O–H groups in total. The van der Waals surface area contributed by atoms with E-state index >= 15 is 0 Å². The first-order valence-corrected chi connectivity index (χ1v) is 11.7. The fraction of sp³-hybridized carbons (Fsp3) is 0.417. The Kier molecular flexibility index (Phi) is 5.48. The van der Waals surface area contributed by atoms with Crippen LogP contribution in [0.1, 0.15) is 36.2 Å². The molecule has 0 spiro atoms. The molecule has 1 aromatic carbocycles. The van der Waals surface area contributed by atoms with Crippen LogP contribution in [0, 0.1) is 30.4 Å². The normalized spacial score (nSPS) is 25.6. The van der Waals surface area contributed by atoms with E-state index in [0.29, 0.717) is 5.92 Å². The van der Waals surface area contributed by atoms with Gasteiger partial charge in [0.1, 0.15) is 22.5 Å². The smallest absolute Gasteiger partial charge is 0.143 e. The van der Waals surface area contributed by atoms with Crippen molar-refractivity contribution >= 4 is 17.2 Å². The van der Waals surface area contributed by atoms with Gasteiger partial charge in [-0.1, -0.05) is 19.4 Å². The van der Waals surface area contributed by atoms with E-state index in [4.69, 9.17) is 4.98 Å². The number of piperidine rings is 1. The summed E-state index contributed by atoms with van der Waals surface area (Å²) in [5.74, 6) is 0.616. The van der Waals surface area contributed by atoms with Gasteiger partial charge in [-0.15, -0.1) is 11.3 Å². The average molecular weight is 441 g/mol. The van der Waals surface area contributed by atoms with Crippen molar-refractivity contribution in [3.8, 4) is 10.6 Å². The summed E-state index contributed by atoms with van der Waals surface area (Å²) in [5.41, 5.74) is 1.22. The van der Waals surface area contributed by atoms with Gasteiger partial charge in [0.15, 0.2) is 0 Å². The van der Waals surface area contributed by atoms with Crippen LogP contribution in [0.25, 0.3) is 10.6 Å². The minimum Gasteiger partial charge on any atom is -0.355 e. The van der Waals surface area contributed by atoms with Gasteiger partial charge in [0.25, 0.3) is 0 Å². The van der Waals surface area contributed by atoms with Crippen LogP contribution in [-0.2, 0) is 0 Å². The number of thiazole rings is 1. The number of halogens is 2. The molecule has 2 aromatic heterocycles. The van der Waals surface area contributed by atoms with E-state index in [0.717, 1.165) is 42.3 Å². The molecule has 7 heteroatoms. The number of anilines is 1. The van der Waals surface area contributed by atoms with Crippen molar-refractivity contribution in [1.82, 2.24) is 15.3 Å². The molecule has 2 saturated heterocycles. The van der Waals surface area contributed by atoms with Gasteiger partial charge in [-0.3, -0.25) is 4.98 Å². The van der Waals surface area contributed by atoms with Crippen LogP contribution in [0.3, 0.4) is 0 Å². The first-order chi connectivity index (χ1) is 15.1. The van der Waals surface area contributed by atoms with Crippen LogP contribution in [0.4, 0.5) is 14.6 Å². The Morgan fingerprint density at radius 2 is 2.00 bits per heavy atom. The van der Waals surface area contributed by atoms with Crippen molar-refractivity contribution < 1.29 is 8.78 Å². The summed E-state index contributed by atoms with van der Waals surface area (Å²) in [6.45, 7) is 5.96. The number of pyridine rings is 1. The third-order valence-electron chi connectivity index (χ3n) is 6.79. The molecule has 2 aliphatic rings. The number of hydrogen-bond acceptors (Lipinski definition) is 5. The summed E-state index contributed by atoms with van der Waals surface area (Å²) in [4.78, 5) is 12.7. The van der Waals surface area contributed by atoms with E-state index in [1.54, 1.807) is 17.5 Å². The van der Waals surface area contributed by atoms with Crippen LogP contribution in [0.5, 0.6) is 0 Å². The fourth-order valence-corrected chi connectivity index (χ4v) is 6.28. The zero-order valence-corrected chi connectivity index (χ0v) is 18.5. The third-order valence-corrected chi connectivity index (χ3v) is 7.80. The molecule has 31 heavy (non-hydrogen) atoms. The van der Waals surface area contributed by atoms with E-state index in [1.807, 2.05) is 18.3 Å². The van der Waals surface area contributed by atoms with Crippen molar-refractivity contribution in [2.45, 2.75) is 38.8 Å². The summed E-state index contributed by atoms with van der Waals surface area (Å²) in [6, 6.07) is 8.09. The Balaban J connectivity index is 1.41. The monoisotopic (exact) mass is 440 g/mol. The minimum atomic E-state index is -0.456. The molecule has 2 aliphatic heterocycles. The second kappa shape index (κ2) is 8.28. The molecule has 4 nitrogen and oxygen atoms in total. The summed E-state index contributed by atoms with van der Waals surface area (Å²) in [7, 11) is 0. The third kappa shape index (κ3) is 3.64. The van der Waals surface area contributed by atoms with Gasteiger partial charge in [-0.25, -0.2) is 13.8 Å². The largest absolute Gasteiger partial charge is 0.355 e. The van der Waals surface area contributed by atoms with Crippen molar-refractivity contribution in [2.75, 3.05) is 18.0 Å². The predicted molar refractivity (Wildman–Crippen MR) is 120 cm³/mol. The lowest BCUT2D eigenvalue weighted by Gasteiger charge is -2.37. The van der Waals surface area contributed by atoms with E-state index in [1.165, 1.54) is 23.1 Å². The molecule has 4 atom stereocenters. The number of fused-ring (bicyclic) bond motifs is 1. The number of benzene rings is 1. The Morgan fingerprint density at radius 1 is 1.19 bits per heavy atom. The molecule has 0 radical (unpaired) electrons. The molecule has 0 aliphatic carbocycles. The van der Waals surface area contributed by atoms with Crippen molar-refractivity contribution in [2.24, 2.45) is 11.8 Å². The molecule has 0 saturated carbocycles. The molecule has 5 rings (SSSR count). The highest BCUT2D eigenvalue weighted by Crippen LogP contribution is 2.45. The number of rotatable bonds is 4. The second-order valence-corrected chi connectivity index (χ2v) is 9.70. The molecule has 0 bridgehead atoms. The topological polar surface area (TPSA) is 41.0 Å². The van der Waals surface area contributed by atoms with Crippen molar-refractivity contribution in [3.05, 3.63) is 64.8 Å². The Labute approximate surface area is 185 Å². The lowest BCUT2D eigenvalue weighted by atomic mass is 9.80. The lowest BCUT2D eigenvalue weighted by molar-refractivity contribution is 0.297. The molecular weight excluding hydrogens is 414 g/mol. The number of nitrogens with one attached hydrogen (secondary N) is 1. The first kappa shape index (κ1) is 20.5. The SMILES string of the molecule is CCC1C(c2c(F)cccc2F)NC2CCN(c3nc(-c4cccnc4)sc3C)CC21. The second-order valence-electron chi connectivity index (χ2n) is 8.50. The van der Waals surface area contributed by atoms with Crippen LogP contribution in [0.15, 0.2) is 42.7 Å². The van der Waals surface area contributed by atoms with Gasteiger partial charge < -0.3 is 10.2 Å². The molecule has 0 amide bonds. The first-order valence-electron chi connectivity index (χ1n) is 10.9. The Morgan fingerprint density at radius 3 is 2.71 bits per heavy atom. The van der Waals surface area contributed by atoms with E-state index < -0.39 is 11.6 Å². The minimum absolute atomic E-state index is 0.177. The highest BCUT2D eigenvalue weighted by Gasteiger charge is 2.46. The Bertz CT molecular complexity index is 1050. The summed E-state index contributed by atoms with van der Waals surface area (Å²) >= 11 is 1.69. The van der Waals surface area contributed by atoms with Gasteiger partial charge in [-0.2, -0.15) is 0 Å². The summed E-state index contributed by atoms with van der Waals surface area (Å²) < 4.78 is 29.1. The number of aryl methyl sites for hydroxylation is 1. The summed E-state index contributed by atoms with van der Waals surface area (Å²) in [5, 5.41) is 4.55. The molecule has 4 heterocycles.